The van der Waals surface area contributed by atoms with E-state index in [0.29, 0.717) is 6.61 Å². The van der Waals surface area contributed by atoms with Gasteiger partial charge in [-0.25, -0.2) is 13.2 Å². The Balaban J connectivity index is 2.32. The normalized spacial score (nSPS) is 11.1. The van der Waals surface area contributed by atoms with Crippen molar-refractivity contribution in [2.24, 2.45) is 0 Å². The molecule has 0 fully saturated rings. The van der Waals surface area contributed by atoms with Crippen molar-refractivity contribution in [1.82, 2.24) is 15.3 Å². The van der Waals surface area contributed by atoms with Crippen LogP contribution < -0.4 is 21.3 Å². The number of benzene rings is 1. The zero-order chi connectivity index (χ0) is 18.4. The van der Waals surface area contributed by atoms with Crippen LogP contribution in [0, 0.1) is 0 Å². The Morgan fingerprint density at radius 3 is 2.64 bits per heavy atom. The Morgan fingerprint density at radius 2 is 1.96 bits per heavy atom. The number of methoxy groups -OCH3 is 1. The van der Waals surface area contributed by atoms with E-state index in [9.17, 15) is 22.8 Å². The van der Waals surface area contributed by atoms with Crippen LogP contribution in [0.25, 0.3) is 0 Å². The summed E-state index contributed by atoms with van der Waals surface area (Å²) in [6.45, 7) is 0.544. The molecule has 0 spiro atoms. The maximum Gasteiger partial charge on any atom is 0.325 e. The van der Waals surface area contributed by atoms with Gasteiger partial charge in [0.15, 0.2) is 4.90 Å². The maximum atomic E-state index is 12.4. The predicted octanol–water partition coefficient (Wildman–Crippen LogP) is -0.760. The van der Waals surface area contributed by atoms with Gasteiger partial charge in [-0.2, -0.15) is 0 Å². The van der Waals surface area contributed by atoms with Crippen molar-refractivity contribution in [1.29, 1.82) is 0 Å². The van der Waals surface area contributed by atoms with Gasteiger partial charge in [0.1, 0.15) is 0 Å². The van der Waals surface area contributed by atoms with Crippen LogP contribution in [-0.2, 0) is 14.8 Å². The van der Waals surface area contributed by atoms with Crippen molar-refractivity contribution in [3.8, 4) is 0 Å². The summed E-state index contributed by atoms with van der Waals surface area (Å²) in [5.74, 6) is -0.509. The van der Waals surface area contributed by atoms with Crippen molar-refractivity contribution < 1.29 is 17.9 Å². The minimum absolute atomic E-state index is 0.0111. The van der Waals surface area contributed by atoms with E-state index in [1.54, 1.807) is 6.07 Å². The summed E-state index contributed by atoms with van der Waals surface area (Å²) in [6, 6.07) is 5.90. The van der Waals surface area contributed by atoms with Gasteiger partial charge in [-0.05, 0) is 12.1 Å². The molecule has 0 bridgehead atoms. The molecule has 0 saturated carbocycles. The van der Waals surface area contributed by atoms with E-state index >= 15 is 0 Å². The molecular formula is C14H16N4O6S. The van der Waals surface area contributed by atoms with Gasteiger partial charge in [-0.15, -0.1) is 0 Å². The lowest BCUT2D eigenvalue weighted by atomic mass is 10.2. The molecule has 1 aromatic heterocycles. The van der Waals surface area contributed by atoms with Gasteiger partial charge in [0.2, 0.25) is 0 Å². The average molecular weight is 368 g/mol. The first-order chi connectivity index (χ1) is 11.8. The highest BCUT2D eigenvalue weighted by molar-refractivity contribution is 7.92. The van der Waals surface area contributed by atoms with Crippen molar-refractivity contribution in [2.45, 2.75) is 4.90 Å². The first-order valence-electron chi connectivity index (χ1n) is 7.06. The molecular weight excluding hydrogens is 352 g/mol. The summed E-state index contributed by atoms with van der Waals surface area (Å²) in [6.07, 6.45) is 0.783. The van der Waals surface area contributed by atoms with Crippen molar-refractivity contribution in [2.75, 3.05) is 25.0 Å². The highest BCUT2D eigenvalue weighted by Crippen LogP contribution is 2.18. The van der Waals surface area contributed by atoms with E-state index in [1.807, 2.05) is 4.98 Å². The Bertz CT molecular complexity index is 979. The first-order valence-corrected chi connectivity index (χ1v) is 8.54. The summed E-state index contributed by atoms with van der Waals surface area (Å²) < 4.78 is 31.7. The van der Waals surface area contributed by atoms with Gasteiger partial charge in [0.05, 0.1) is 17.9 Å². The fourth-order valence-corrected chi connectivity index (χ4v) is 3.02. The third-order valence-electron chi connectivity index (χ3n) is 3.08. The molecule has 25 heavy (non-hydrogen) atoms. The van der Waals surface area contributed by atoms with Crippen LogP contribution in [-0.4, -0.2) is 44.6 Å². The highest BCUT2D eigenvalue weighted by Gasteiger charge is 2.21. The third kappa shape index (κ3) is 4.55. The predicted molar refractivity (Wildman–Crippen MR) is 89.1 cm³/mol. The summed E-state index contributed by atoms with van der Waals surface area (Å²) in [5.41, 5.74) is -1.84. The van der Waals surface area contributed by atoms with E-state index < -0.39 is 32.1 Å². The minimum atomic E-state index is -4.31. The Kier molecular flexibility index (Phi) is 5.72. The molecule has 1 amide bonds. The molecule has 0 aliphatic carbocycles. The quantitative estimate of drug-likeness (QED) is 0.472. The lowest BCUT2D eigenvalue weighted by Gasteiger charge is -2.12. The lowest BCUT2D eigenvalue weighted by molar-refractivity contribution is 0.0938. The fraction of sp³-hybridized carbons (Fsp3) is 0.214. The number of anilines is 1. The average Bonchev–Trinajstić information content (AvgIpc) is 2.54. The monoisotopic (exact) mass is 368 g/mol. The number of aromatic amines is 2. The number of sulfonamides is 1. The lowest BCUT2D eigenvalue weighted by Crippen LogP contribution is -2.31. The summed E-state index contributed by atoms with van der Waals surface area (Å²) in [4.78, 5) is 38.1. The zero-order valence-corrected chi connectivity index (χ0v) is 14.0. The number of ether oxygens (including phenoxy) is 1. The molecule has 0 unspecified atom stereocenters. The number of hydrogen-bond acceptors (Lipinski definition) is 6. The molecule has 10 nitrogen and oxygen atoms in total. The van der Waals surface area contributed by atoms with E-state index in [0.717, 1.165) is 6.20 Å². The van der Waals surface area contributed by atoms with Crippen LogP contribution in [0.15, 0.2) is 44.9 Å². The Morgan fingerprint density at radius 1 is 1.24 bits per heavy atom. The number of carbonyl (C=O) groups excluding carboxylic acids is 1. The van der Waals surface area contributed by atoms with Gasteiger partial charge in [-0.1, -0.05) is 12.1 Å². The van der Waals surface area contributed by atoms with Gasteiger partial charge in [-0.3, -0.25) is 19.3 Å². The molecule has 0 aliphatic heterocycles. The summed E-state index contributed by atoms with van der Waals surface area (Å²) >= 11 is 0. The van der Waals surface area contributed by atoms with E-state index in [4.69, 9.17) is 4.74 Å². The SMILES string of the molecule is COCCNC(=O)c1ccccc1NS(=O)(=O)c1c[nH]c(=O)[nH]c1=O. The summed E-state index contributed by atoms with van der Waals surface area (Å²) in [7, 11) is -2.83. The van der Waals surface area contributed by atoms with Crippen molar-refractivity contribution in [3.05, 3.63) is 56.9 Å². The molecule has 1 heterocycles. The molecule has 4 N–H and O–H groups in total. The summed E-state index contributed by atoms with van der Waals surface area (Å²) in [5, 5.41) is 2.57. The first kappa shape index (κ1) is 18.4. The van der Waals surface area contributed by atoms with E-state index in [1.165, 1.54) is 25.3 Å². The molecule has 2 aromatic rings. The third-order valence-corrected chi connectivity index (χ3v) is 4.45. The van der Waals surface area contributed by atoms with Gasteiger partial charge in [0.25, 0.3) is 21.5 Å². The minimum Gasteiger partial charge on any atom is -0.383 e. The fourth-order valence-electron chi connectivity index (χ4n) is 1.93. The van der Waals surface area contributed by atoms with Crippen molar-refractivity contribution in [3.63, 3.8) is 0 Å². The molecule has 11 heteroatoms. The van der Waals surface area contributed by atoms with Gasteiger partial charge < -0.3 is 15.0 Å². The molecule has 0 atom stereocenters. The van der Waals surface area contributed by atoms with Crippen LogP contribution in [0.1, 0.15) is 10.4 Å². The number of amides is 1. The number of carbonyl (C=O) groups is 1. The van der Waals surface area contributed by atoms with E-state index in [-0.39, 0.29) is 17.8 Å². The zero-order valence-electron chi connectivity index (χ0n) is 13.2. The van der Waals surface area contributed by atoms with Crippen LogP contribution in [0.5, 0.6) is 0 Å². The smallest absolute Gasteiger partial charge is 0.325 e. The molecule has 1 aromatic carbocycles. The molecule has 0 radical (unpaired) electrons. The second kappa shape index (κ2) is 7.77. The Labute approximate surface area is 142 Å². The maximum absolute atomic E-state index is 12.4. The second-order valence-corrected chi connectivity index (χ2v) is 6.49. The molecule has 0 aliphatic rings. The molecule has 134 valence electrons. The highest BCUT2D eigenvalue weighted by atomic mass is 32.2. The van der Waals surface area contributed by atoms with Gasteiger partial charge >= 0.3 is 5.69 Å². The van der Waals surface area contributed by atoms with Crippen LogP contribution in [0.3, 0.4) is 0 Å². The number of hydrogen-bond donors (Lipinski definition) is 4. The number of aromatic nitrogens is 2. The number of para-hydroxylation sites is 1. The van der Waals surface area contributed by atoms with Crippen molar-refractivity contribution >= 4 is 21.6 Å². The molecule has 0 saturated heterocycles. The number of H-pyrrole nitrogens is 2. The largest absolute Gasteiger partial charge is 0.383 e. The topological polar surface area (TPSA) is 150 Å². The van der Waals surface area contributed by atoms with Crippen LogP contribution in [0.2, 0.25) is 0 Å². The second-order valence-electron chi connectivity index (χ2n) is 4.84. The number of nitrogens with one attached hydrogen (secondary N) is 4. The van der Waals surface area contributed by atoms with Crippen LogP contribution in [0.4, 0.5) is 5.69 Å². The van der Waals surface area contributed by atoms with Crippen LogP contribution >= 0.6 is 0 Å². The van der Waals surface area contributed by atoms with E-state index in [2.05, 4.69) is 15.0 Å². The van der Waals surface area contributed by atoms with Gasteiger partial charge in [0, 0.05) is 19.9 Å². The Hall–Kier alpha value is -2.92. The molecule has 2 rings (SSSR count). The number of rotatable bonds is 7. The standard InChI is InChI=1S/C14H16N4O6S/c1-24-7-6-15-12(19)9-4-2-3-5-10(9)18-25(22,23)11-8-16-14(21)17-13(11)20/h2-5,8,18H,6-7H2,1H3,(H,15,19)(H2,16,17,20,21).